The molecule has 3 nitrogen and oxygen atoms in total. The number of aromatic nitrogens is 2. The summed E-state index contributed by atoms with van der Waals surface area (Å²) < 4.78 is 1.84. The molecular formula is C12H12N2O. The van der Waals surface area contributed by atoms with Gasteiger partial charge in [-0.25, -0.2) is 4.68 Å². The molecule has 0 amide bonds. The molecule has 76 valence electrons. The molecule has 0 unspecified atom stereocenters. The van der Waals surface area contributed by atoms with E-state index in [1.165, 1.54) is 18.5 Å². The normalized spacial score (nSPS) is 15.5. The maximum atomic E-state index is 9.75. The van der Waals surface area contributed by atoms with Crippen molar-refractivity contribution in [1.82, 2.24) is 9.78 Å². The van der Waals surface area contributed by atoms with Crippen LogP contribution in [0, 0.1) is 0 Å². The maximum Gasteiger partial charge on any atom is 0.141 e. The highest BCUT2D eigenvalue weighted by Gasteiger charge is 2.27. The van der Waals surface area contributed by atoms with E-state index in [9.17, 15) is 5.11 Å². The van der Waals surface area contributed by atoms with Crippen LogP contribution < -0.4 is 0 Å². The van der Waals surface area contributed by atoms with Crippen LogP contribution in [0.15, 0.2) is 36.5 Å². The van der Waals surface area contributed by atoms with Gasteiger partial charge >= 0.3 is 0 Å². The predicted octanol–water partition coefficient (Wildman–Crippen LogP) is 2.46. The summed E-state index contributed by atoms with van der Waals surface area (Å²) in [5.41, 5.74) is 1.97. The summed E-state index contributed by atoms with van der Waals surface area (Å²) in [6.45, 7) is 0. The lowest BCUT2D eigenvalue weighted by Crippen LogP contribution is -2.00. The highest BCUT2D eigenvalue weighted by Crippen LogP contribution is 2.41. The van der Waals surface area contributed by atoms with Crippen LogP contribution in [-0.4, -0.2) is 14.9 Å². The lowest BCUT2D eigenvalue weighted by atomic mass is 10.2. The molecule has 0 radical (unpaired) electrons. The standard InChI is InChI=1S/C12H12N2O/c15-12-4-2-1-3-11(12)14-10(7-8-13-14)9-5-6-9/h1-4,7-9,15H,5-6H2. The van der Waals surface area contributed by atoms with Crippen molar-refractivity contribution in [2.75, 3.05) is 0 Å². The molecule has 0 bridgehead atoms. The first-order chi connectivity index (χ1) is 7.36. The Morgan fingerprint density at radius 3 is 2.73 bits per heavy atom. The fourth-order valence-electron chi connectivity index (χ4n) is 1.85. The minimum absolute atomic E-state index is 0.281. The minimum atomic E-state index is 0.281. The molecule has 1 fully saturated rings. The van der Waals surface area contributed by atoms with Gasteiger partial charge in [0.05, 0.1) is 0 Å². The van der Waals surface area contributed by atoms with Crippen LogP contribution >= 0.6 is 0 Å². The van der Waals surface area contributed by atoms with Crippen LogP contribution in [0.2, 0.25) is 0 Å². The molecule has 2 aromatic rings. The number of benzene rings is 1. The molecule has 0 spiro atoms. The SMILES string of the molecule is Oc1ccccc1-n1nccc1C1CC1. The minimum Gasteiger partial charge on any atom is -0.506 e. The van der Waals surface area contributed by atoms with Crippen LogP contribution in [0.5, 0.6) is 5.75 Å². The molecule has 1 aliphatic rings. The van der Waals surface area contributed by atoms with E-state index in [2.05, 4.69) is 5.10 Å². The fourth-order valence-corrected chi connectivity index (χ4v) is 1.85. The zero-order chi connectivity index (χ0) is 10.3. The second-order valence-electron chi connectivity index (χ2n) is 3.93. The Hall–Kier alpha value is -1.77. The molecule has 0 saturated heterocycles. The Morgan fingerprint density at radius 2 is 2.00 bits per heavy atom. The number of para-hydroxylation sites is 2. The Morgan fingerprint density at radius 1 is 1.20 bits per heavy atom. The summed E-state index contributed by atoms with van der Waals surface area (Å²) in [4.78, 5) is 0. The van der Waals surface area contributed by atoms with E-state index in [4.69, 9.17) is 0 Å². The second kappa shape index (κ2) is 3.12. The summed E-state index contributed by atoms with van der Waals surface area (Å²) in [5.74, 6) is 0.912. The number of hydrogen-bond donors (Lipinski definition) is 1. The molecule has 3 rings (SSSR count). The van der Waals surface area contributed by atoms with Gasteiger partial charge < -0.3 is 5.11 Å². The number of rotatable bonds is 2. The third-order valence-corrected chi connectivity index (χ3v) is 2.78. The molecule has 1 aromatic heterocycles. The number of aromatic hydroxyl groups is 1. The Bertz CT molecular complexity index is 486. The van der Waals surface area contributed by atoms with Gasteiger partial charge in [0.25, 0.3) is 0 Å². The summed E-state index contributed by atoms with van der Waals surface area (Å²) in [5, 5.41) is 14.0. The van der Waals surface area contributed by atoms with Crippen molar-refractivity contribution in [2.24, 2.45) is 0 Å². The zero-order valence-corrected chi connectivity index (χ0v) is 8.30. The van der Waals surface area contributed by atoms with Crippen molar-refractivity contribution < 1.29 is 5.11 Å². The average Bonchev–Trinajstić information content (AvgIpc) is 2.98. The smallest absolute Gasteiger partial charge is 0.141 e. The van der Waals surface area contributed by atoms with Gasteiger partial charge in [-0.05, 0) is 31.0 Å². The van der Waals surface area contributed by atoms with E-state index in [-0.39, 0.29) is 5.75 Å². The van der Waals surface area contributed by atoms with E-state index in [0.717, 1.165) is 5.69 Å². The Kier molecular flexibility index (Phi) is 1.78. The number of nitrogens with zero attached hydrogens (tertiary/aromatic N) is 2. The fraction of sp³-hybridized carbons (Fsp3) is 0.250. The molecular weight excluding hydrogens is 188 g/mol. The number of hydrogen-bond acceptors (Lipinski definition) is 2. The van der Waals surface area contributed by atoms with Crippen LogP contribution in [0.25, 0.3) is 5.69 Å². The van der Waals surface area contributed by atoms with Crippen molar-refractivity contribution in [3.8, 4) is 11.4 Å². The predicted molar refractivity (Wildman–Crippen MR) is 57.2 cm³/mol. The van der Waals surface area contributed by atoms with Crippen molar-refractivity contribution in [3.63, 3.8) is 0 Å². The molecule has 3 heteroatoms. The van der Waals surface area contributed by atoms with Crippen molar-refractivity contribution in [1.29, 1.82) is 0 Å². The third kappa shape index (κ3) is 1.40. The molecule has 1 saturated carbocycles. The highest BCUT2D eigenvalue weighted by atomic mass is 16.3. The van der Waals surface area contributed by atoms with Gasteiger partial charge in [-0.2, -0.15) is 5.10 Å². The van der Waals surface area contributed by atoms with E-state index in [1.807, 2.05) is 28.9 Å². The summed E-state index contributed by atoms with van der Waals surface area (Å²) in [6.07, 6.45) is 4.26. The Balaban J connectivity index is 2.12. The van der Waals surface area contributed by atoms with Crippen LogP contribution in [-0.2, 0) is 0 Å². The molecule has 1 aliphatic carbocycles. The van der Waals surface area contributed by atoms with Gasteiger partial charge in [0.1, 0.15) is 11.4 Å². The van der Waals surface area contributed by atoms with Gasteiger partial charge in [-0.1, -0.05) is 12.1 Å². The van der Waals surface area contributed by atoms with Crippen LogP contribution in [0.4, 0.5) is 0 Å². The van der Waals surface area contributed by atoms with Gasteiger partial charge in [0.2, 0.25) is 0 Å². The van der Waals surface area contributed by atoms with Crippen LogP contribution in [0.1, 0.15) is 24.5 Å². The van der Waals surface area contributed by atoms with Gasteiger partial charge in [0, 0.05) is 17.8 Å². The van der Waals surface area contributed by atoms with Crippen LogP contribution in [0.3, 0.4) is 0 Å². The molecule has 1 heterocycles. The quantitative estimate of drug-likeness (QED) is 0.808. The summed E-state index contributed by atoms with van der Waals surface area (Å²) in [7, 11) is 0. The number of phenols is 1. The topological polar surface area (TPSA) is 38.0 Å². The van der Waals surface area contributed by atoms with Crippen molar-refractivity contribution in [3.05, 3.63) is 42.2 Å². The lowest BCUT2D eigenvalue weighted by molar-refractivity contribution is 0.469. The van der Waals surface area contributed by atoms with Crippen molar-refractivity contribution >= 4 is 0 Å². The molecule has 0 atom stereocenters. The molecule has 1 aromatic carbocycles. The van der Waals surface area contributed by atoms with Gasteiger partial charge in [-0.15, -0.1) is 0 Å². The van der Waals surface area contributed by atoms with Gasteiger partial charge in [-0.3, -0.25) is 0 Å². The second-order valence-corrected chi connectivity index (χ2v) is 3.93. The summed E-state index contributed by atoms with van der Waals surface area (Å²) >= 11 is 0. The first-order valence-electron chi connectivity index (χ1n) is 5.18. The van der Waals surface area contributed by atoms with E-state index < -0.39 is 0 Å². The van der Waals surface area contributed by atoms with E-state index in [0.29, 0.717) is 5.92 Å². The largest absolute Gasteiger partial charge is 0.506 e. The average molecular weight is 200 g/mol. The first kappa shape index (κ1) is 8.53. The summed E-state index contributed by atoms with van der Waals surface area (Å²) in [6, 6.07) is 9.33. The monoisotopic (exact) mass is 200 g/mol. The lowest BCUT2D eigenvalue weighted by Gasteiger charge is -2.07. The molecule has 15 heavy (non-hydrogen) atoms. The Labute approximate surface area is 88.0 Å². The highest BCUT2D eigenvalue weighted by molar-refractivity contribution is 5.46. The van der Waals surface area contributed by atoms with E-state index >= 15 is 0 Å². The molecule has 1 N–H and O–H groups in total. The van der Waals surface area contributed by atoms with Gasteiger partial charge in [0.15, 0.2) is 0 Å². The first-order valence-corrected chi connectivity index (χ1v) is 5.18. The molecule has 0 aliphatic heterocycles. The maximum absolute atomic E-state index is 9.75. The third-order valence-electron chi connectivity index (χ3n) is 2.78. The van der Waals surface area contributed by atoms with E-state index in [1.54, 1.807) is 12.3 Å². The van der Waals surface area contributed by atoms with Crippen molar-refractivity contribution in [2.45, 2.75) is 18.8 Å². The number of phenolic OH excluding ortho intramolecular Hbond substituents is 1. The zero-order valence-electron chi connectivity index (χ0n) is 8.30.